The second kappa shape index (κ2) is 8.05. The zero-order valence-electron chi connectivity index (χ0n) is 17.0. The summed E-state index contributed by atoms with van der Waals surface area (Å²) >= 11 is 0. The number of hydrogen-bond donors (Lipinski definition) is 1. The number of hydrogen-bond acceptors (Lipinski definition) is 7. The van der Waals surface area contributed by atoms with Crippen LogP contribution in [-0.4, -0.2) is 75.0 Å². The predicted molar refractivity (Wildman–Crippen MR) is 108 cm³/mol. The number of sulfone groups is 1. The Morgan fingerprint density at radius 3 is 2.40 bits per heavy atom. The molecule has 164 valence electrons. The lowest BCUT2D eigenvalue weighted by molar-refractivity contribution is -0.132. The molecule has 2 aromatic heterocycles. The van der Waals surface area contributed by atoms with E-state index in [1.165, 1.54) is 41.5 Å². The first kappa shape index (κ1) is 21.7. The SMILES string of the molecule is CNC(=O)CS(=O)(=O)C1CCN(C(=O)Cn2cnc3c2c(=O)n(C)c(=O)n3C)CC1. The minimum Gasteiger partial charge on any atom is -0.358 e. The Balaban J connectivity index is 1.73. The normalized spacial score (nSPS) is 15.5. The Hall–Kier alpha value is -2.96. The second-order valence-corrected chi connectivity index (χ2v) is 9.59. The number of nitrogens with one attached hydrogen (secondary N) is 1. The third-order valence-corrected chi connectivity index (χ3v) is 7.59. The Morgan fingerprint density at radius 2 is 1.80 bits per heavy atom. The van der Waals surface area contributed by atoms with Gasteiger partial charge in [-0.05, 0) is 12.8 Å². The number of aromatic nitrogens is 4. The van der Waals surface area contributed by atoms with Crippen LogP contribution in [0.1, 0.15) is 12.8 Å². The molecule has 0 aromatic carbocycles. The van der Waals surface area contributed by atoms with Gasteiger partial charge in [-0.3, -0.25) is 23.5 Å². The standard InChI is InChI=1S/C17H24N6O6S/c1-18-12(24)9-30(28,29)11-4-6-22(7-5-11)13(25)8-23-10-19-15-14(23)16(26)21(3)17(27)20(15)2/h10-11H,4-9H2,1-3H3,(H,18,24). The largest absolute Gasteiger partial charge is 0.358 e. The fraction of sp³-hybridized carbons (Fsp3) is 0.588. The van der Waals surface area contributed by atoms with Crippen molar-refractivity contribution >= 4 is 32.8 Å². The summed E-state index contributed by atoms with van der Waals surface area (Å²) < 4.78 is 28.2. The minimum atomic E-state index is -3.58. The summed E-state index contributed by atoms with van der Waals surface area (Å²) in [5.74, 6) is -1.41. The third kappa shape index (κ3) is 3.88. The number of carbonyl (C=O) groups is 2. The van der Waals surface area contributed by atoms with Gasteiger partial charge in [0.1, 0.15) is 12.3 Å². The van der Waals surface area contributed by atoms with Crippen molar-refractivity contribution < 1.29 is 18.0 Å². The summed E-state index contributed by atoms with van der Waals surface area (Å²) in [6.45, 7) is 0.318. The maximum atomic E-state index is 12.7. The van der Waals surface area contributed by atoms with E-state index in [-0.39, 0.29) is 49.5 Å². The molecular formula is C17H24N6O6S. The molecule has 1 aliphatic heterocycles. The van der Waals surface area contributed by atoms with Crippen LogP contribution in [0.5, 0.6) is 0 Å². The number of carbonyl (C=O) groups excluding carboxylic acids is 2. The topological polar surface area (TPSA) is 145 Å². The third-order valence-electron chi connectivity index (χ3n) is 5.44. The van der Waals surface area contributed by atoms with Crippen LogP contribution in [0.2, 0.25) is 0 Å². The molecule has 1 saturated heterocycles. The molecule has 0 bridgehead atoms. The molecule has 2 amide bonds. The van der Waals surface area contributed by atoms with Crippen LogP contribution in [0.25, 0.3) is 11.2 Å². The molecular weight excluding hydrogens is 416 g/mol. The molecule has 13 heteroatoms. The number of imidazole rings is 1. The first-order valence-electron chi connectivity index (χ1n) is 9.37. The number of fused-ring (bicyclic) bond motifs is 1. The highest BCUT2D eigenvalue weighted by Crippen LogP contribution is 2.19. The molecule has 0 aliphatic carbocycles. The summed E-state index contributed by atoms with van der Waals surface area (Å²) in [5, 5.41) is 1.63. The minimum absolute atomic E-state index is 0.149. The summed E-state index contributed by atoms with van der Waals surface area (Å²) in [4.78, 5) is 54.2. The maximum absolute atomic E-state index is 12.7. The second-order valence-electron chi connectivity index (χ2n) is 7.31. The van der Waals surface area contributed by atoms with Crippen LogP contribution >= 0.6 is 0 Å². The first-order valence-corrected chi connectivity index (χ1v) is 11.1. The average molecular weight is 440 g/mol. The maximum Gasteiger partial charge on any atom is 0.332 e. The molecule has 3 heterocycles. The summed E-state index contributed by atoms with van der Waals surface area (Å²) in [6.07, 6.45) is 1.82. The van der Waals surface area contributed by atoms with Crippen LogP contribution in [-0.2, 0) is 40.1 Å². The molecule has 1 N–H and O–H groups in total. The Bertz CT molecular complexity index is 1220. The summed E-state index contributed by atoms with van der Waals surface area (Å²) in [7, 11) is 0.643. The van der Waals surface area contributed by atoms with Gasteiger partial charge >= 0.3 is 5.69 Å². The molecule has 3 rings (SSSR count). The van der Waals surface area contributed by atoms with Crippen LogP contribution in [0, 0.1) is 0 Å². The van der Waals surface area contributed by atoms with E-state index in [1.807, 2.05) is 0 Å². The lowest BCUT2D eigenvalue weighted by Crippen LogP contribution is -2.45. The highest BCUT2D eigenvalue weighted by molar-refractivity contribution is 7.92. The van der Waals surface area contributed by atoms with E-state index in [9.17, 15) is 27.6 Å². The average Bonchev–Trinajstić information content (AvgIpc) is 3.14. The molecule has 0 spiro atoms. The number of aryl methyl sites for hydroxylation is 1. The van der Waals surface area contributed by atoms with E-state index >= 15 is 0 Å². The van der Waals surface area contributed by atoms with Crippen LogP contribution in [0.4, 0.5) is 0 Å². The lowest BCUT2D eigenvalue weighted by Gasteiger charge is -2.31. The Kier molecular flexibility index (Phi) is 5.83. The monoisotopic (exact) mass is 440 g/mol. The fourth-order valence-corrected chi connectivity index (χ4v) is 5.27. The number of piperidine rings is 1. The van der Waals surface area contributed by atoms with Crippen LogP contribution in [0.3, 0.4) is 0 Å². The number of nitrogens with zero attached hydrogens (tertiary/aromatic N) is 5. The molecule has 0 radical (unpaired) electrons. The van der Waals surface area contributed by atoms with Gasteiger partial charge in [-0.1, -0.05) is 0 Å². The summed E-state index contributed by atoms with van der Waals surface area (Å²) in [6, 6.07) is 0. The van der Waals surface area contributed by atoms with Crippen molar-refractivity contribution in [2.45, 2.75) is 24.6 Å². The molecule has 30 heavy (non-hydrogen) atoms. The van der Waals surface area contributed by atoms with Gasteiger partial charge in [0.2, 0.25) is 11.8 Å². The smallest absolute Gasteiger partial charge is 0.332 e. The van der Waals surface area contributed by atoms with E-state index in [1.54, 1.807) is 0 Å². The van der Waals surface area contributed by atoms with E-state index in [0.717, 1.165) is 4.57 Å². The van der Waals surface area contributed by atoms with Crippen molar-refractivity contribution in [3.8, 4) is 0 Å². The number of rotatable bonds is 5. The van der Waals surface area contributed by atoms with Gasteiger partial charge in [0.05, 0.1) is 11.6 Å². The van der Waals surface area contributed by atoms with Crippen molar-refractivity contribution in [3.63, 3.8) is 0 Å². The van der Waals surface area contributed by atoms with E-state index in [0.29, 0.717) is 0 Å². The number of likely N-dealkylation sites (tertiary alicyclic amines) is 1. The highest BCUT2D eigenvalue weighted by atomic mass is 32.2. The zero-order chi connectivity index (χ0) is 22.2. The molecule has 0 unspecified atom stereocenters. The molecule has 1 aliphatic rings. The quantitative estimate of drug-likeness (QED) is 0.545. The van der Waals surface area contributed by atoms with Gasteiger partial charge in [-0.15, -0.1) is 0 Å². The van der Waals surface area contributed by atoms with Gasteiger partial charge in [0, 0.05) is 34.2 Å². The van der Waals surface area contributed by atoms with Gasteiger partial charge < -0.3 is 14.8 Å². The molecule has 1 fully saturated rings. The van der Waals surface area contributed by atoms with Crippen molar-refractivity contribution in [1.29, 1.82) is 0 Å². The van der Waals surface area contributed by atoms with Crippen LogP contribution < -0.4 is 16.6 Å². The molecule has 0 atom stereocenters. The Labute approximate surface area is 172 Å². The van der Waals surface area contributed by atoms with Gasteiger partial charge in [0.15, 0.2) is 21.0 Å². The van der Waals surface area contributed by atoms with Crippen molar-refractivity contribution in [2.75, 3.05) is 25.9 Å². The zero-order valence-corrected chi connectivity index (χ0v) is 17.8. The van der Waals surface area contributed by atoms with Crippen molar-refractivity contribution in [2.24, 2.45) is 14.1 Å². The number of amides is 2. The van der Waals surface area contributed by atoms with Crippen LogP contribution in [0.15, 0.2) is 15.9 Å². The van der Waals surface area contributed by atoms with Crippen molar-refractivity contribution in [1.82, 2.24) is 28.9 Å². The fourth-order valence-electron chi connectivity index (χ4n) is 3.60. The highest BCUT2D eigenvalue weighted by Gasteiger charge is 2.33. The predicted octanol–water partition coefficient (Wildman–Crippen LogP) is -2.41. The Morgan fingerprint density at radius 1 is 1.17 bits per heavy atom. The van der Waals surface area contributed by atoms with Crippen molar-refractivity contribution in [3.05, 3.63) is 27.2 Å². The van der Waals surface area contributed by atoms with Gasteiger partial charge in [-0.2, -0.15) is 0 Å². The summed E-state index contributed by atoms with van der Waals surface area (Å²) in [5.41, 5.74) is -0.715. The van der Waals surface area contributed by atoms with Gasteiger partial charge in [-0.25, -0.2) is 18.2 Å². The van der Waals surface area contributed by atoms with Gasteiger partial charge in [0.25, 0.3) is 5.56 Å². The molecule has 12 nitrogen and oxygen atoms in total. The lowest BCUT2D eigenvalue weighted by atomic mass is 10.1. The van der Waals surface area contributed by atoms with E-state index in [4.69, 9.17) is 0 Å². The van der Waals surface area contributed by atoms with E-state index < -0.39 is 38.0 Å². The first-order chi connectivity index (χ1) is 14.1. The molecule has 0 saturated carbocycles. The van der Waals surface area contributed by atoms with E-state index in [2.05, 4.69) is 10.3 Å². The molecule has 2 aromatic rings.